The summed E-state index contributed by atoms with van der Waals surface area (Å²) in [5.41, 5.74) is -0.829. The molecule has 0 aliphatic carbocycles. The minimum Gasteiger partial charge on any atom is -0.387 e. The SMILES string of the molecule is CCNC(=NCc1ncc(CC)s1)NCC(C)(O)CN1CCOCC1.I. The molecule has 1 fully saturated rings. The lowest BCUT2D eigenvalue weighted by atomic mass is 10.1. The Bertz CT molecular complexity index is 547. The van der Waals surface area contributed by atoms with Crippen LogP contribution in [0.3, 0.4) is 0 Å². The molecule has 1 aliphatic rings. The fraction of sp³-hybridized carbons (Fsp3) is 0.765. The highest BCUT2D eigenvalue weighted by Crippen LogP contribution is 2.14. The van der Waals surface area contributed by atoms with E-state index in [2.05, 4.69) is 32.4 Å². The van der Waals surface area contributed by atoms with E-state index in [1.54, 1.807) is 11.3 Å². The number of aromatic nitrogens is 1. The van der Waals surface area contributed by atoms with Crippen LogP contribution in [0.4, 0.5) is 0 Å². The summed E-state index contributed by atoms with van der Waals surface area (Å²) in [7, 11) is 0. The molecule has 0 saturated carbocycles. The van der Waals surface area contributed by atoms with Crippen molar-refractivity contribution in [3.63, 3.8) is 0 Å². The number of nitrogens with zero attached hydrogens (tertiary/aromatic N) is 3. The first-order chi connectivity index (χ1) is 12.0. The predicted molar refractivity (Wildman–Crippen MR) is 118 cm³/mol. The summed E-state index contributed by atoms with van der Waals surface area (Å²) in [4.78, 5) is 12.5. The second kappa shape index (κ2) is 12.1. The molecular formula is C17H32IN5O2S. The second-order valence-corrected chi connectivity index (χ2v) is 7.71. The first-order valence-electron chi connectivity index (χ1n) is 9.00. The Morgan fingerprint density at radius 3 is 2.73 bits per heavy atom. The summed E-state index contributed by atoms with van der Waals surface area (Å²) < 4.78 is 5.36. The van der Waals surface area contributed by atoms with Crippen LogP contribution in [0.15, 0.2) is 11.2 Å². The molecule has 0 spiro atoms. The topological polar surface area (TPSA) is 82.0 Å². The van der Waals surface area contributed by atoms with Crippen LogP contribution in [0.25, 0.3) is 0 Å². The zero-order valence-corrected chi connectivity index (χ0v) is 19.1. The van der Waals surface area contributed by atoms with Crippen LogP contribution in [-0.2, 0) is 17.7 Å². The van der Waals surface area contributed by atoms with Gasteiger partial charge in [0.25, 0.3) is 0 Å². The molecule has 0 amide bonds. The van der Waals surface area contributed by atoms with Gasteiger partial charge in [0.15, 0.2) is 5.96 Å². The summed E-state index contributed by atoms with van der Waals surface area (Å²) in [6.45, 7) is 11.6. The summed E-state index contributed by atoms with van der Waals surface area (Å²) >= 11 is 1.70. The standard InChI is InChI=1S/C17H31N5O2S.HI/c1-4-14-10-19-15(25-14)11-20-16(18-5-2)21-12-17(3,23)13-22-6-8-24-9-7-22;/h10,23H,4-9,11-13H2,1-3H3,(H2,18,20,21);1H. The largest absolute Gasteiger partial charge is 0.387 e. The first-order valence-corrected chi connectivity index (χ1v) is 9.82. The van der Waals surface area contributed by atoms with E-state index in [0.29, 0.717) is 25.6 Å². The average molecular weight is 497 g/mol. The number of aliphatic imine (C=N–C) groups is 1. The molecule has 1 atom stereocenters. The van der Waals surface area contributed by atoms with Crippen molar-refractivity contribution in [2.45, 2.75) is 39.3 Å². The molecule has 26 heavy (non-hydrogen) atoms. The van der Waals surface area contributed by atoms with E-state index >= 15 is 0 Å². The lowest BCUT2D eigenvalue weighted by Crippen LogP contribution is -2.52. The van der Waals surface area contributed by atoms with E-state index in [1.165, 1.54) is 4.88 Å². The van der Waals surface area contributed by atoms with Crippen molar-refractivity contribution in [1.29, 1.82) is 0 Å². The molecule has 150 valence electrons. The number of β-amino-alcohol motifs (C(OH)–C–C–N with tert-alkyl or cyclic N) is 1. The van der Waals surface area contributed by atoms with Gasteiger partial charge in [-0.25, -0.2) is 9.98 Å². The van der Waals surface area contributed by atoms with Gasteiger partial charge in [0.05, 0.1) is 25.4 Å². The number of hydrogen-bond donors (Lipinski definition) is 3. The molecule has 2 heterocycles. The second-order valence-electron chi connectivity index (χ2n) is 6.51. The third-order valence-corrected chi connectivity index (χ3v) is 5.10. The van der Waals surface area contributed by atoms with Gasteiger partial charge >= 0.3 is 0 Å². The van der Waals surface area contributed by atoms with Gasteiger partial charge in [0, 0.05) is 43.8 Å². The van der Waals surface area contributed by atoms with Crippen molar-refractivity contribution in [3.05, 3.63) is 16.1 Å². The summed E-state index contributed by atoms with van der Waals surface area (Å²) in [6.07, 6.45) is 2.92. The number of halogens is 1. The van der Waals surface area contributed by atoms with Gasteiger partial charge < -0.3 is 20.5 Å². The van der Waals surface area contributed by atoms with E-state index in [0.717, 1.165) is 44.3 Å². The first kappa shape index (κ1) is 23.5. The van der Waals surface area contributed by atoms with Crippen LogP contribution in [0.2, 0.25) is 0 Å². The molecule has 2 rings (SSSR count). The number of aliphatic hydroxyl groups is 1. The minimum absolute atomic E-state index is 0. The molecule has 1 aromatic rings. The smallest absolute Gasteiger partial charge is 0.191 e. The number of ether oxygens (including phenoxy) is 1. The zero-order valence-electron chi connectivity index (χ0n) is 16.0. The number of nitrogens with one attached hydrogen (secondary N) is 2. The van der Waals surface area contributed by atoms with E-state index in [4.69, 9.17) is 4.74 Å². The van der Waals surface area contributed by atoms with Crippen LogP contribution in [0.1, 0.15) is 30.7 Å². The van der Waals surface area contributed by atoms with Crippen LogP contribution in [-0.4, -0.2) is 72.5 Å². The van der Waals surface area contributed by atoms with Gasteiger partial charge in [-0.3, -0.25) is 4.90 Å². The fourth-order valence-electron chi connectivity index (χ4n) is 2.64. The minimum atomic E-state index is -0.829. The van der Waals surface area contributed by atoms with Crippen molar-refractivity contribution in [1.82, 2.24) is 20.5 Å². The Balaban J connectivity index is 0.00000338. The van der Waals surface area contributed by atoms with Crippen molar-refractivity contribution in [3.8, 4) is 0 Å². The van der Waals surface area contributed by atoms with Gasteiger partial charge in [0.2, 0.25) is 0 Å². The Labute approximate surface area is 177 Å². The van der Waals surface area contributed by atoms with E-state index < -0.39 is 5.60 Å². The van der Waals surface area contributed by atoms with Gasteiger partial charge in [-0.1, -0.05) is 6.92 Å². The van der Waals surface area contributed by atoms with Crippen molar-refractivity contribution >= 4 is 41.3 Å². The molecular weight excluding hydrogens is 465 g/mol. The molecule has 0 bridgehead atoms. The van der Waals surface area contributed by atoms with Crippen LogP contribution in [0.5, 0.6) is 0 Å². The molecule has 0 aromatic carbocycles. The third-order valence-electron chi connectivity index (χ3n) is 3.97. The van der Waals surface area contributed by atoms with Crippen molar-refractivity contribution < 1.29 is 9.84 Å². The number of hydrogen-bond acceptors (Lipinski definition) is 6. The number of thiazole rings is 1. The maximum Gasteiger partial charge on any atom is 0.191 e. The molecule has 3 N–H and O–H groups in total. The van der Waals surface area contributed by atoms with Crippen LogP contribution < -0.4 is 10.6 Å². The van der Waals surface area contributed by atoms with E-state index in [1.807, 2.05) is 20.0 Å². The maximum absolute atomic E-state index is 10.7. The quantitative estimate of drug-likeness (QED) is 0.287. The van der Waals surface area contributed by atoms with Gasteiger partial charge in [0.1, 0.15) is 5.01 Å². The molecule has 1 saturated heterocycles. The number of morpholine rings is 1. The molecule has 1 aliphatic heterocycles. The lowest BCUT2D eigenvalue weighted by molar-refractivity contribution is -0.0201. The monoisotopic (exact) mass is 497 g/mol. The third kappa shape index (κ3) is 8.47. The number of aryl methyl sites for hydroxylation is 1. The van der Waals surface area contributed by atoms with Crippen molar-refractivity contribution in [2.24, 2.45) is 4.99 Å². The predicted octanol–water partition coefficient (Wildman–Crippen LogP) is 1.46. The van der Waals surface area contributed by atoms with Crippen LogP contribution in [0, 0.1) is 0 Å². The maximum atomic E-state index is 10.7. The van der Waals surface area contributed by atoms with Gasteiger partial charge in [-0.2, -0.15) is 0 Å². The Kier molecular flexibility index (Phi) is 10.9. The Morgan fingerprint density at radius 2 is 2.12 bits per heavy atom. The fourth-order valence-corrected chi connectivity index (χ4v) is 3.43. The summed E-state index contributed by atoms with van der Waals surface area (Å²) in [6, 6.07) is 0. The van der Waals surface area contributed by atoms with Crippen molar-refractivity contribution in [2.75, 3.05) is 45.9 Å². The lowest BCUT2D eigenvalue weighted by Gasteiger charge is -2.34. The number of rotatable bonds is 8. The molecule has 1 unspecified atom stereocenters. The number of guanidine groups is 1. The van der Waals surface area contributed by atoms with Gasteiger partial charge in [-0.15, -0.1) is 35.3 Å². The molecule has 1 aromatic heterocycles. The molecule has 0 radical (unpaired) electrons. The van der Waals surface area contributed by atoms with Crippen LogP contribution >= 0.6 is 35.3 Å². The summed E-state index contributed by atoms with van der Waals surface area (Å²) in [5, 5.41) is 18.1. The Morgan fingerprint density at radius 1 is 1.38 bits per heavy atom. The van der Waals surface area contributed by atoms with E-state index in [-0.39, 0.29) is 24.0 Å². The molecule has 7 nitrogen and oxygen atoms in total. The molecule has 9 heteroatoms. The van der Waals surface area contributed by atoms with Gasteiger partial charge in [-0.05, 0) is 20.3 Å². The zero-order chi connectivity index (χ0) is 18.1. The highest BCUT2D eigenvalue weighted by Gasteiger charge is 2.25. The Hall–Kier alpha value is -0.490. The highest BCUT2D eigenvalue weighted by atomic mass is 127. The summed E-state index contributed by atoms with van der Waals surface area (Å²) in [5.74, 6) is 0.706. The average Bonchev–Trinajstić information content (AvgIpc) is 3.06. The normalized spacial score (nSPS) is 18.1. The van der Waals surface area contributed by atoms with E-state index in [9.17, 15) is 5.11 Å². The highest BCUT2D eigenvalue weighted by molar-refractivity contribution is 14.0.